The predicted molar refractivity (Wildman–Crippen MR) is 93.6 cm³/mol. The highest BCUT2D eigenvalue weighted by atomic mass is 16.5. The molecule has 3 heterocycles. The van der Waals surface area contributed by atoms with Crippen LogP contribution in [0.4, 0.5) is 6.01 Å². The third-order valence-electron chi connectivity index (χ3n) is 4.48. The zero-order valence-corrected chi connectivity index (χ0v) is 14.0. The quantitative estimate of drug-likeness (QED) is 0.732. The molecule has 1 aliphatic rings. The molecule has 124 valence electrons. The third-order valence-corrected chi connectivity index (χ3v) is 4.48. The molecule has 0 N–H and O–H groups in total. The topological polar surface area (TPSA) is 51.4 Å². The van der Waals surface area contributed by atoms with Gasteiger partial charge in [-0.1, -0.05) is 12.1 Å². The summed E-state index contributed by atoms with van der Waals surface area (Å²) < 4.78 is 12.0. The molecular weight excluding hydrogens is 302 g/mol. The number of ether oxygens (including phenoxy) is 1. The molecule has 0 amide bonds. The van der Waals surface area contributed by atoms with Gasteiger partial charge in [0.2, 0.25) is 5.88 Å². The van der Waals surface area contributed by atoms with Crippen LogP contribution < -0.4 is 9.64 Å². The molecule has 3 aromatic rings. The number of fused-ring (bicyclic) bond motifs is 1. The molecule has 1 fully saturated rings. The zero-order chi connectivity index (χ0) is 16.5. The first-order chi connectivity index (χ1) is 11.7. The highest BCUT2D eigenvalue weighted by Crippen LogP contribution is 2.26. The largest absolute Gasteiger partial charge is 0.474 e. The van der Waals surface area contributed by atoms with Crippen molar-refractivity contribution in [2.75, 3.05) is 18.0 Å². The van der Waals surface area contributed by atoms with Crippen molar-refractivity contribution in [1.29, 1.82) is 0 Å². The highest BCUT2D eigenvalue weighted by Gasteiger charge is 2.24. The van der Waals surface area contributed by atoms with E-state index in [9.17, 15) is 0 Å². The van der Waals surface area contributed by atoms with Crippen LogP contribution in [0.25, 0.3) is 11.1 Å². The standard InChI is InChI=1S/C19H21N3O2/c1-13-5-6-17-16(12-13)21-19(24-17)22-10-7-15(8-11-22)23-18-14(2)4-3-9-20-18/h3-6,9,12,15H,7-8,10-11H2,1-2H3. The summed E-state index contributed by atoms with van der Waals surface area (Å²) in [6, 6.07) is 10.8. The second-order valence-electron chi connectivity index (χ2n) is 6.40. The molecular formula is C19H21N3O2. The van der Waals surface area contributed by atoms with Gasteiger partial charge in [0, 0.05) is 37.7 Å². The Morgan fingerprint density at radius 3 is 2.79 bits per heavy atom. The maximum absolute atomic E-state index is 6.06. The first kappa shape index (κ1) is 15.0. The summed E-state index contributed by atoms with van der Waals surface area (Å²) in [5.74, 6) is 0.744. The lowest BCUT2D eigenvalue weighted by Gasteiger charge is -2.31. The van der Waals surface area contributed by atoms with Crippen molar-refractivity contribution in [2.24, 2.45) is 0 Å². The van der Waals surface area contributed by atoms with Crippen LogP contribution >= 0.6 is 0 Å². The van der Waals surface area contributed by atoms with Crippen LogP contribution in [0.15, 0.2) is 40.9 Å². The fraction of sp³-hybridized carbons (Fsp3) is 0.368. The van der Waals surface area contributed by atoms with Gasteiger partial charge < -0.3 is 14.1 Å². The summed E-state index contributed by atoms with van der Waals surface area (Å²) in [4.78, 5) is 11.1. The van der Waals surface area contributed by atoms with E-state index < -0.39 is 0 Å². The van der Waals surface area contributed by atoms with Crippen LogP contribution in [0.2, 0.25) is 0 Å². The molecule has 1 aromatic carbocycles. The van der Waals surface area contributed by atoms with E-state index in [0.717, 1.165) is 48.5 Å². The van der Waals surface area contributed by atoms with Crippen LogP contribution in [0, 0.1) is 13.8 Å². The van der Waals surface area contributed by atoms with E-state index >= 15 is 0 Å². The van der Waals surface area contributed by atoms with E-state index in [1.165, 1.54) is 5.56 Å². The van der Waals surface area contributed by atoms with Gasteiger partial charge in [-0.15, -0.1) is 0 Å². The molecule has 0 radical (unpaired) electrons. The summed E-state index contributed by atoms with van der Waals surface area (Å²) in [6.45, 7) is 5.85. The highest BCUT2D eigenvalue weighted by molar-refractivity contribution is 5.75. The first-order valence-corrected chi connectivity index (χ1v) is 8.39. The number of hydrogen-bond donors (Lipinski definition) is 0. The van der Waals surface area contributed by atoms with Crippen LogP contribution in [-0.2, 0) is 0 Å². The second-order valence-corrected chi connectivity index (χ2v) is 6.40. The van der Waals surface area contributed by atoms with Crippen molar-refractivity contribution < 1.29 is 9.15 Å². The Morgan fingerprint density at radius 1 is 1.17 bits per heavy atom. The minimum absolute atomic E-state index is 0.196. The minimum Gasteiger partial charge on any atom is -0.474 e. The van der Waals surface area contributed by atoms with E-state index in [1.54, 1.807) is 6.20 Å². The van der Waals surface area contributed by atoms with Crippen molar-refractivity contribution in [3.63, 3.8) is 0 Å². The molecule has 0 aliphatic carbocycles. The van der Waals surface area contributed by atoms with Crippen molar-refractivity contribution >= 4 is 17.1 Å². The summed E-state index contributed by atoms with van der Waals surface area (Å²) in [7, 11) is 0. The molecule has 0 unspecified atom stereocenters. The predicted octanol–water partition coefficient (Wildman–Crippen LogP) is 3.89. The Hall–Kier alpha value is -2.56. The van der Waals surface area contributed by atoms with Gasteiger partial charge >= 0.3 is 0 Å². The van der Waals surface area contributed by atoms with Gasteiger partial charge in [-0.2, -0.15) is 4.98 Å². The number of aryl methyl sites for hydroxylation is 2. The molecule has 1 aliphatic heterocycles. The van der Waals surface area contributed by atoms with E-state index in [2.05, 4.69) is 27.9 Å². The Bertz CT molecular complexity index is 851. The summed E-state index contributed by atoms with van der Waals surface area (Å²) in [5, 5.41) is 0. The number of oxazole rings is 1. The molecule has 1 saturated heterocycles. The number of benzene rings is 1. The number of rotatable bonds is 3. The second kappa shape index (κ2) is 6.15. The normalized spacial score (nSPS) is 15.8. The molecule has 0 bridgehead atoms. The lowest BCUT2D eigenvalue weighted by molar-refractivity contribution is 0.161. The summed E-state index contributed by atoms with van der Waals surface area (Å²) >= 11 is 0. The number of anilines is 1. The van der Waals surface area contributed by atoms with Gasteiger partial charge in [0.1, 0.15) is 11.6 Å². The maximum atomic E-state index is 6.06. The average Bonchev–Trinajstić information content (AvgIpc) is 3.01. The van der Waals surface area contributed by atoms with Gasteiger partial charge in [-0.3, -0.25) is 0 Å². The monoisotopic (exact) mass is 323 g/mol. The molecule has 0 atom stereocenters. The molecule has 0 spiro atoms. The lowest BCUT2D eigenvalue weighted by atomic mass is 10.1. The first-order valence-electron chi connectivity index (χ1n) is 8.39. The van der Waals surface area contributed by atoms with Gasteiger partial charge in [-0.05, 0) is 37.6 Å². The lowest BCUT2D eigenvalue weighted by Crippen LogP contribution is -2.38. The van der Waals surface area contributed by atoms with Gasteiger partial charge in [0.05, 0.1) is 0 Å². The van der Waals surface area contributed by atoms with Gasteiger partial charge in [-0.25, -0.2) is 4.98 Å². The van der Waals surface area contributed by atoms with E-state index in [1.807, 2.05) is 31.2 Å². The van der Waals surface area contributed by atoms with Gasteiger partial charge in [0.15, 0.2) is 5.58 Å². The third kappa shape index (κ3) is 2.94. The zero-order valence-electron chi connectivity index (χ0n) is 14.0. The van der Waals surface area contributed by atoms with E-state index in [-0.39, 0.29) is 6.10 Å². The van der Waals surface area contributed by atoms with Crippen LogP contribution in [-0.4, -0.2) is 29.2 Å². The SMILES string of the molecule is Cc1ccc2oc(N3CCC(Oc4ncccc4C)CC3)nc2c1. The fourth-order valence-corrected chi connectivity index (χ4v) is 3.08. The molecule has 24 heavy (non-hydrogen) atoms. The fourth-order valence-electron chi connectivity index (χ4n) is 3.08. The number of hydrogen-bond acceptors (Lipinski definition) is 5. The van der Waals surface area contributed by atoms with Crippen molar-refractivity contribution in [2.45, 2.75) is 32.8 Å². The van der Waals surface area contributed by atoms with Gasteiger partial charge in [0.25, 0.3) is 6.01 Å². The smallest absolute Gasteiger partial charge is 0.298 e. The Kier molecular flexibility index (Phi) is 3.84. The van der Waals surface area contributed by atoms with Crippen LogP contribution in [0.3, 0.4) is 0 Å². The Balaban J connectivity index is 1.42. The summed E-state index contributed by atoms with van der Waals surface area (Å²) in [5.41, 5.74) is 4.04. The van der Waals surface area contributed by atoms with Crippen LogP contribution in [0.5, 0.6) is 5.88 Å². The number of piperidine rings is 1. The van der Waals surface area contributed by atoms with Crippen LogP contribution in [0.1, 0.15) is 24.0 Å². The Labute approximate surface area is 141 Å². The van der Waals surface area contributed by atoms with E-state index in [4.69, 9.17) is 9.15 Å². The van der Waals surface area contributed by atoms with Crippen molar-refractivity contribution in [3.8, 4) is 5.88 Å². The number of nitrogens with zero attached hydrogens (tertiary/aromatic N) is 3. The number of aromatic nitrogens is 2. The molecule has 2 aromatic heterocycles. The maximum Gasteiger partial charge on any atom is 0.298 e. The van der Waals surface area contributed by atoms with Crippen molar-refractivity contribution in [1.82, 2.24) is 9.97 Å². The molecule has 5 heteroatoms. The molecule has 5 nitrogen and oxygen atoms in total. The minimum atomic E-state index is 0.196. The molecule has 0 saturated carbocycles. The van der Waals surface area contributed by atoms with Crippen molar-refractivity contribution in [3.05, 3.63) is 47.7 Å². The summed E-state index contributed by atoms with van der Waals surface area (Å²) in [6.07, 6.45) is 3.85. The Morgan fingerprint density at radius 2 is 2.00 bits per heavy atom. The van der Waals surface area contributed by atoms with E-state index in [0.29, 0.717) is 6.01 Å². The molecule has 4 rings (SSSR count). The number of pyridine rings is 1. The average molecular weight is 323 g/mol.